The van der Waals surface area contributed by atoms with Gasteiger partial charge in [-0.3, -0.25) is 9.59 Å². The Morgan fingerprint density at radius 3 is 2.53 bits per heavy atom. The normalized spacial score (nSPS) is 9.05. The molecular formula is C15H22O4. The maximum absolute atomic E-state index is 11.2. The number of hydrogen-bond donors (Lipinski definition) is 0. The molecule has 0 spiro atoms. The van der Waals surface area contributed by atoms with Gasteiger partial charge in [-0.1, -0.05) is 19.9 Å². The summed E-state index contributed by atoms with van der Waals surface area (Å²) in [4.78, 5) is 22.0. The summed E-state index contributed by atoms with van der Waals surface area (Å²) in [5.74, 6) is 0.316. The Balaban J connectivity index is 0.00000154. The van der Waals surface area contributed by atoms with Crippen LogP contribution in [0.5, 0.6) is 5.75 Å². The largest absolute Gasteiger partial charge is 0.496 e. The predicted molar refractivity (Wildman–Crippen MR) is 74.7 cm³/mol. The van der Waals surface area contributed by atoms with E-state index in [1.165, 1.54) is 7.11 Å². The van der Waals surface area contributed by atoms with Crippen LogP contribution in [0.25, 0.3) is 0 Å². The van der Waals surface area contributed by atoms with E-state index >= 15 is 0 Å². The molecule has 0 fully saturated rings. The van der Waals surface area contributed by atoms with Crippen LogP contribution < -0.4 is 4.74 Å². The topological polar surface area (TPSA) is 52.6 Å². The zero-order valence-electron chi connectivity index (χ0n) is 12.1. The molecule has 0 amide bonds. The van der Waals surface area contributed by atoms with Gasteiger partial charge < -0.3 is 9.47 Å². The Morgan fingerprint density at radius 1 is 1.32 bits per heavy atom. The fourth-order valence-corrected chi connectivity index (χ4v) is 1.51. The number of carbonyl (C=O) groups excluding carboxylic acids is 2. The summed E-state index contributed by atoms with van der Waals surface area (Å²) in [6, 6.07) is 5.29. The van der Waals surface area contributed by atoms with Crippen LogP contribution >= 0.6 is 0 Å². The molecule has 0 saturated heterocycles. The van der Waals surface area contributed by atoms with Crippen molar-refractivity contribution >= 4 is 12.3 Å². The molecule has 0 N–H and O–H groups in total. The van der Waals surface area contributed by atoms with Crippen LogP contribution in [0.1, 0.15) is 43.1 Å². The van der Waals surface area contributed by atoms with Gasteiger partial charge in [0.1, 0.15) is 5.75 Å². The second-order valence-corrected chi connectivity index (χ2v) is 3.50. The number of rotatable bonds is 6. The van der Waals surface area contributed by atoms with Crippen LogP contribution in [0.2, 0.25) is 0 Å². The van der Waals surface area contributed by atoms with Crippen molar-refractivity contribution in [3.8, 4) is 5.75 Å². The van der Waals surface area contributed by atoms with Crippen LogP contribution in [-0.4, -0.2) is 26.0 Å². The average Bonchev–Trinajstić information content (AvgIpc) is 2.47. The highest BCUT2D eigenvalue weighted by Gasteiger charge is 2.06. The van der Waals surface area contributed by atoms with E-state index in [4.69, 9.17) is 9.47 Å². The fraction of sp³-hybridized carbons (Fsp3) is 0.467. The second kappa shape index (κ2) is 10.1. The summed E-state index contributed by atoms with van der Waals surface area (Å²) >= 11 is 0. The van der Waals surface area contributed by atoms with Gasteiger partial charge in [-0.05, 0) is 31.0 Å². The van der Waals surface area contributed by atoms with Gasteiger partial charge in [0.2, 0.25) is 0 Å². The van der Waals surface area contributed by atoms with E-state index < -0.39 is 0 Å². The van der Waals surface area contributed by atoms with Crippen molar-refractivity contribution < 1.29 is 19.1 Å². The molecule has 0 aromatic heterocycles. The van der Waals surface area contributed by atoms with E-state index in [0.717, 1.165) is 11.8 Å². The lowest BCUT2D eigenvalue weighted by Crippen LogP contribution is -2.05. The number of hydrogen-bond acceptors (Lipinski definition) is 4. The summed E-state index contributed by atoms with van der Waals surface area (Å²) in [7, 11) is 1.51. The number of carbonyl (C=O) groups is 2. The molecule has 0 aliphatic heterocycles. The molecule has 4 heteroatoms. The predicted octanol–water partition coefficient (Wildman–Crippen LogP) is 3.03. The van der Waals surface area contributed by atoms with Gasteiger partial charge in [0, 0.05) is 6.42 Å². The molecule has 106 valence electrons. The zero-order chi connectivity index (χ0) is 14.7. The summed E-state index contributed by atoms with van der Waals surface area (Å²) < 4.78 is 9.86. The highest BCUT2D eigenvalue weighted by Crippen LogP contribution is 2.18. The third kappa shape index (κ3) is 6.04. The number of benzene rings is 1. The van der Waals surface area contributed by atoms with Crippen molar-refractivity contribution in [2.75, 3.05) is 13.7 Å². The Kier molecular flexibility index (Phi) is 9.14. The van der Waals surface area contributed by atoms with Crippen LogP contribution in [0.3, 0.4) is 0 Å². The highest BCUT2D eigenvalue weighted by atomic mass is 16.5. The minimum atomic E-state index is -0.226. The van der Waals surface area contributed by atoms with E-state index in [1.54, 1.807) is 19.1 Å². The van der Waals surface area contributed by atoms with E-state index in [9.17, 15) is 9.59 Å². The molecule has 0 aliphatic carbocycles. The van der Waals surface area contributed by atoms with Gasteiger partial charge >= 0.3 is 5.97 Å². The van der Waals surface area contributed by atoms with E-state index in [2.05, 4.69) is 0 Å². The second-order valence-electron chi connectivity index (χ2n) is 3.50. The molecular weight excluding hydrogens is 244 g/mol. The summed E-state index contributed by atoms with van der Waals surface area (Å²) in [5.41, 5.74) is 1.41. The molecule has 0 aliphatic rings. The standard InChI is InChI=1S/C13H16O4.C2H6/c1-3-17-13(15)7-5-10-4-6-12(16-2)11(8-10)9-14;1-2/h4,6,8-9H,3,5,7H2,1-2H3;1-2H3. The van der Waals surface area contributed by atoms with Crippen molar-refractivity contribution in [2.45, 2.75) is 33.6 Å². The molecule has 0 saturated carbocycles. The lowest BCUT2D eigenvalue weighted by molar-refractivity contribution is -0.143. The smallest absolute Gasteiger partial charge is 0.306 e. The number of aldehydes is 1. The fourth-order valence-electron chi connectivity index (χ4n) is 1.51. The molecule has 1 rings (SSSR count). The Bertz CT molecular complexity index is 399. The Morgan fingerprint density at radius 2 is 2.00 bits per heavy atom. The van der Waals surface area contributed by atoms with E-state index in [0.29, 0.717) is 30.8 Å². The van der Waals surface area contributed by atoms with Gasteiger partial charge in [0.25, 0.3) is 0 Å². The van der Waals surface area contributed by atoms with Gasteiger partial charge in [-0.25, -0.2) is 0 Å². The first kappa shape index (κ1) is 17.2. The summed E-state index contributed by atoms with van der Waals surface area (Å²) in [6.45, 7) is 6.16. The van der Waals surface area contributed by atoms with Crippen molar-refractivity contribution in [1.82, 2.24) is 0 Å². The van der Waals surface area contributed by atoms with Crippen molar-refractivity contribution in [3.05, 3.63) is 29.3 Å². The van der Waals surface area contributed by atoms with E-state index in [1.807, 2.05) is 19.9 Å². The molecule has 0 radical (unpaired) electrons. The first-order chi connectivity index (χ1) is 9.21. The lowest BCUT2D eigenvalue weighted by Gasteiger charge is -2.06. The molecule has 0 bridgehead atoms. The molecule has 1 aromatic carbocycles. The average molecular weight is 266 g/mol. The molecule has 0 heterocycles. The zero-order valence-corrected chi connectivity index (χ0v) is 12.1. The molecule has 4 nitrogen and oxygen atoms in total. The van der Waals surface area contributed by atoms with Gasteiger partial charge in [0.05, 0.1) is 19.3 Å². The maximum Gasteiger partial charge on any atom is 0.306 e. The minimum absolute atomic E-state index is 0.226. The van der Waals surface area contributed by atoms with Crippen LogP contribution in [-0.2, 0) is 16.0 Å². The SMILES string of the molecule is CC.CCOC(=O)CCc1ccc(OC)c(C=O)c1. The van der Waals surface area contributed by atoms with Crippen molar-refractivity contribution in [3.63, 3.8) is 0 Å². The third-order valence-corrected chi connectivity index (χ3v) is 2.34. The Labute approximate surface area is 114 Å². The Hall–Kier alpha value is -1.84. The number of aryl methyl sites for hydroxylation is 1. The monoisotopic (exact) mass is 266 g/mol. The number of esters is 1. The van der Waals surface area contributed by atoms with E-state index in [-0.39, 0.29) is 5.97 Å². The van der Waals surface area contributed by atoms with Crippen LogP contribution in [0.4, 0.5) is 0 Å². The first-order valence-electron chi connectivity index (χ1n) is 6.49. The summed E-state index contributed by atoms with van der Waals surface area (Å²) in [5, 5.41) is 0. The molecule has 19 heavy (non-hydrogen) atoms. The van der Waals surface area contributed by atoms with Crippen LogP contribution in [0.15, 0.2) is 18.2 Å². The summed E-state index contributed by atoms with van der Waals surface area (Å²) in [6.07, 6.45) is 1.62. The van der Waals surface area contributed by atoms with Gasteiger partial charge in [-0.2, -0.15) is 0 Å². The molecule has 0 unspecified atom stereocenters. The maximum atomic E-state index is 11.2. The van der Waals surface area contributed by atoms with Crippen molar-refractivity contribution in [2.24, 2.45) is 0 Å². The number of ether oxygens (including phenoxy) is 2. The molecule has 0 atom stereocenters. The van der Waals surface area contributed by atoms with Crippen LogP contribution in [0, 0.1) is 0 Å². The third-order valence-electron chi connectivity index (χ3n) is 2.34. The number of methoxy groups -OCH3 is 1. The molecule has 1 aromatic rings. The van der Waals surface area contributed by atoms with Crippen molar-refractivity contribution in [1.29, 1.82) is 0 Å². The van der Waals surface area contributed by atoms with Gasteiger partial charge in [0.15, 0.2) is 6.29 Å². The lowest BCUT2D eigenvalue weighted by atomic mass is 10.1. The van der Waals surface area contributed by atoms with Gasteiger partial charge in [-0.15, -0.1) is 0 Å². The highest BCUT2D eigenvalue weighted by molar-refractivity contribution is 5.79. The minimum Gasteiger partial charge on any atom is -0.496 e. The quantitative estimate of drug-likeness (QED) is 0.586. The first-order valence-corrected chi connectivity index (χ1v) is 6.49.